The van der Waals surface area contributed by atoms with Crippen LogP contribution in [0.1, 0.15) is 63.2 Å². The van der Waals surface area contributed by atoms with Gasteiger partial charge in [0.2, 0.25) is 15.9 Å². The molecule has 3 rings (SSSR count). The number of anilines is 1. The number of carbonyl (C=O) groups excluding carboxylic acids is 2. The molecule has 1 heterocycles. The predicted molar refractivity (Wildman–Crippen MR) is 167 cm³/mol. The molecule has 0 saturated heterocycles. The Morgan fingerprint density at radius 2 is 1.83 bits per heavy atom. The summed E-state index contributed by atoms with van der Waals surface area (Å²) in [6.07, 6.45) is -5.72. The van der Waals surface area contributed by atoms with Crippen molar-refractivity contribution in [3.8, 4) is 5.75 Å². The first kappa shape index (κ1) is 38.2. The van der Waals surface area contributed by atoms with Gasteiger partial charge in [0.15, 0.2) is 0 Å². The van der Waals surface area contributed by atoms with Crippen LogP contribution in [0.5, 0.6) is 5.75 Å². The summed E-state index contributed by atoms with van der Waals surface area (Å²) >= 11 is 0. The second-order valence-electron chi connectivity index (χ2n) is 11.9. The van der Waals surface area contributed by atoms with Crippen molar-refractivity contribution in [2.45, 2.75) is 82.2 Å². The number of ether oxygens (including phenoxy) is 2. The molecular weight excluding hydrogens is 646 g/mol. The molecule has 47 heavy (non-hydrogen) atoms. The van der Waals surface area contributed by atoms with Crippen LogP contribution in [-0.2, 0) is 19.6 Å². The summed E-state index contributed by atoms with van der Waals surface area (Å²) in [4.78, 5) is 27.7. The lowest BCUT2D eigenvalue weighted by atomic mass is 10.0. The number of nitrogens with zero attached hydrogens (tertiary/aromatic N) is 2. The number of carbonyl (C=O) groups is 2. The lowest BCUT2D eigenvalue weighted by Crippen LogP contribution is -2.48. The van der Waals surface area contributed by atoms with Gasteiger partial charge in [0, 0.05) is 44.8 Å². The van der Waals surface area contributed by atoms with Crippen LogP contribution in [0.2, 0.25) is 0 Å². The third kappa shape index (κ3) is 11.2. The topological polar surface area (TPSA) is 125 Å². The fraction of sp³-hybridized carbons (Fsp3) is 0.562. The Bertz CT molecular complexity index is 1460. The van der Waals surface area contributed by atoms with E-state index in [4.69, 9.17) is 9.47 Å². The Labute approximate surface area is 273 Å². The van der Waals surface area contributed by atoms with Gasteiger partial charge in [-0.3, -0.25) is 9.59 Å². The molecule has 2 N–H and O–H groups in total. The zero-order chi connectivity index (χ0) is 34.9. The van der Waals surface area contributed by atoms with Crippen molar-refractivity contribution in [1.29, 1.82) is 0 Å². The average Bonchev–Trinajstić information content (AvgIpc) is 3.01. The third-order valence-electron chi connectivity index (χ3n) is 7.93. The molecule has 2 amide bonds. The summed E-state index contributed by atoms with van der Waals surface area (Å²) in [5.41, 5.74) is 0.128. The zero-order valence-electron chi connectivity index (χ0n) is 26.9. The van der Waals surface area contributed by atoms with Crippen molar-refractivity contribution in [2.24, 2.45) is 5.92 Å². The molecule has 15 heteroatoms. The first-order chi connectivity index (χ1) is 22.0. The number of nitrogens with one attached hydrogen (secondary N) is 1. The summed E-state index contributed by atoms with van der Waals surface area (Å²) in [5, 5.41) is 12.5. The summed E-state index contributed by atoms with van der Waals surface area (Å²) in [6, 6.07) is 8.01. The molecule has 0 aliphatic carbocycles. The van der Waals surface area contributed by atoms with Crippen molar-refractivity contribution in [3.05, 3.63) is 53.8 Å². The number of benzene rings is 2. The first-order valence-electron chi connectivity index (χ1n) is 15.4. The largest absolute Gasteiger partial charge is 0.490 e. The van der Waals surface area contributed by atoms with E-state index in [-0.39, 0.29) is 41.1 Å². The van der Waals surface area contributed by atoms with Crippen LogP contribution < -0.4 is 10.1 Å². The molecule has 0 unspecified atom stereocenters. The summed E-state index contributed by atoms with van der Waals surface area (Å²) in [5.74, 6) is -2.28. The highest BCUT2D eigenvalue weighted by molar-refractivity contribution is 7.89. The standard InChI is InChI=1S/C32H43F4N3O7S/c1-21-18-39(22(2)20-40)31(42)27-17-25(37-30(41)14-15-32(34,35)36)10-13-28(27)46-23(3)7-5-6-16-45-29(21)19-38(4)47(43,44)26-11-8-24(33)9-12-26/h8-13,17,21-23,29,40H,5-7,14-16,18-20H2,1-4H3,(H,37,41)/t21-,22+,23+,29-/m0/s1. The minimum Gasteiger partial charge on any atom is -0.490 e. The van der Waals surface area contributed by atoms with Crippen molar-refractivity contribution in [1.82, 2.24) is 9.21 Å². The maximum atomic E-state index is 14.2. The highest BCUT2D eigenvalue weighted by Crippen LogP contribution is 2.29. The normalized spacial score (nSPS) is 21.0. The van der Waals surface area contributed by atoms with E-state index in [0.717, 1.165) is 16.4 Å². The van der Waals surface area contributed by atoms with Gasteiger partial charge in [-0.05, 0) is 75.6 Å². The molecule has 0 radical (unpaired) electrons. The quantitative estimate of drug-likeness (QED) is 0.346. The van der Waals surface area contributed by atoms with Crippen molar-refractivity contribution in [2.75, 3.05) is 38.7 Å². The number of aliphatic hydroxyl groups excluding tert-OH is 1. The van der Waals surface area contributed by atoms with E-state index < -0.39 is 71.3 Å². The summed E-state index contributed by atoms with van der Waals surface area (Å²) < 4.78 is 91.4. The Morgan fingerprint density at radius 3 is 2.47 bits per heavy atom. The maximum absolute atomic E-state index is 14.2. The number of rotatable bonds is 9. The number of halogens is 4. The van der Waals surface area contributed by atoms with Crippen LogP contribution in [0.15, 0.2) is 47.4 Å². The van der Waals surface area contributed by atoms with Crippen molar-refractivity contribution >= 4 is 27.5 Å². The van der Waals surface area contributed by atoms with Gasteiger partial charge in [-0.2, -0.15) is 17.5 Å². The number of alkyl halides is 3. The van der Waals surface area contributed by atoms with E-state index in [1.165, 1.54) is 42.3 Å². The van der Waals surface area contributed by atoms with Crippen LogP contribution in [0.25, 0.3) is 0 Å². The number of likely N-dealkylation sites (N-methyl/N-ethyl adjacent to an activating group) is 1. The Kier molecular flexibility index (Phi) is 13.6. The van der Waals surface area contributed by atoms with Crippen molar-refractivity contribution in [3.63, 3.8) is 0 Å². The van der Waals surface area contributed by atoms with Gasteiger partial charge >= 0.3 is 6.18 Å². The van der Waals surface area contributed by atoms with Crippen LogP contribution in [0.4, 0.5) is 23.2 Å². The van der Waals surface area contributed by atoms with E-state index in [9.17, 15) is 40.7 Å². The fourth-order valence-electron chi connectivity index (χ4n) is 5.08. The van der Waals surface area contributed by atoms with Gasteiger partial charge in [0.05, 0.1) is 41.7 Å². The molecular formula is C32H43F4N3O7S. The van der Waals surface area contributed by atoms with Gasteiger partial charge in [-0.15, -0.1) is 0 Å². The molecule has 10 nitrogen and oxygen atoms in total. The highest BCUT2D eigenvalue weighted by atomic mass is 32.2. The zero-order valence-corrected chi connectivity index (χ0v) is 27.7. The van der Waals surface area contributed by atoms with Crippen LogP contribution in [0, 0.1) is 11.7 Å². The Morgan fingerprint density at radius 1 is 1.15 bits per heavy atom. The van der Waals surface area contributed by atoms with E-state index in [1.54, 1.807) is 13.8 Å². The lowest BCUT2D eigenvalue weighted by molar-refractivity contribution is -0.142. The summed E-state index contributed by atoms with van der Waals surface area (Å²) in [7, 11) is -2.62. The molecule has 4 atom stereocenters. The minimum atomic E-state index is -4.51. The van der Waals surface area contributed by atoms with E-state index in [0.29, 0.717) is 25.9 Å². The number of hydrogen-bond acceptors (Lipinski definition) is 7. The smallest absolute Gasteiger partial charge is 0.389 e. The summed E-state index contributed by atoms with van der Waals surface area (Å²) in [6.45, 7) is 5.07. The van der Waals surface area contributed by atoms with Gasteiger partial charge in [0.25, 0.3) is 5.91 Å². The molecule has 262 valence electrons. The molecule has 0 bridgehead atoms. The van der Waals surface area contributed by atoms with Crippen LogP contribution in [-0.4, -0.2) is 92.3 Å². The van der Waals surface area contributed by atoms with Crippen molar-refractivity contribution < 1.29 is 50.1 Å². The number of sulfonamides is 1. The van der Waals surface area contributed by atoms with E-state index in [1.807, 2.05) is 6.92 Å². The monoisotopic (exact) mass is 689 g/mol. The Balaban J connectivity index is 1.94. The van der Waals surface area contributed by atoms with Crippen LogP contribution >= 0.6 is 0 Å². The molecule has 0 saturated carbocycles. The van der Waals surface area contributed by atoms with E-state index >= 15 is 0 Å². The van der Waals surface area contributed by atoms with Crippen LogP contribution in [0.3, 0.4) is 0 Å². The van der Waals surface area contributed by atoms with Gasteiger partial charge < -0.3 is 24.8 Å². The fourth-order valence-corrected chi connectivity index (χ4v) is 6.26. The molecule has 0 aromatic heterocycles. The highest BCUT2D eigenvalue weighted by Gasteiger charge is 2.33. The minimum absolute atomic E-state index is 0.0207. The number of amides is 2. The van der Waals surface area contributed by atoms with Gasteiger partial charge in [-0.25, -0.2) is 12.8 Å². The van der Waals surface area contributed by atoms with E-state index in [2.05, 4.69) is 5.32 Å². The van der Waals surface area contributed by atoms with Gasteiger partial charge in [0.1, 0.15) is 11.6 Å². The third-order valence-corrected chi connectivity index (χ3v) is 9.77. The molecule has 0 spiro atoms. The number of fused-ring (bicyclic) bond motifs is 1. The first-order valence-corrected chi connectivity index (χ1v) is 16.9. The molecule has 1 aliphatic rings. The Hall–Kier alpha value is -3.27. The number of aliphatic hydroxyl groups is 1. The lowest BCUT2D eigenvalue weighted by Gasteiger charge is -2.35. The van der Waals surface area contributed by atoms with Gasteiger partial charge in [-0.1, -0.05) is 6.92 Å². The second-order valence-corrected chi connectivity index (χ2v) is 14.0. The second kappa shape index (κ2) is 16.7. The molecule has 2 aromatic rings. The predicted octanol–water partition coefficient (Wildman–Crippen LogP) is 5.22. The molecule has 2 aromatic carbocycles. The number of hydrogen-bond donors (Lipinski definition) is 2. The average molecular weight is 690 g/mol. The molecule has 0 fully saturated rings. The SMILES string of the molecule is C[C@@H]1CCCCO[C@@H](CN(C)S(=O)(=O)c2ccc(F)cc2)[C@@H](C)CN([C@H](C)CO)C(=O)c2cc(NC(=O)CCC(F)(F)F)ccc2O1. The maximum Gasteiger partial charge on any atom is 0.389 e. The molecule has 1 aliphatic heterocycles.